The molecule has 0 spiro atoms. The molecule has 5 heterocycles. The predicted octanol–water partition coefficient (Wildman–Crippen LogP) is 8.84. The normalized spacial score (nSPS) is 21.8. The first-order valence-electron chi connectivity index (χ1n) is 22.7. The summed E-state index contributed by atoms with van der Waals surface area (Å²) >= 11 is 0. The molecule has 0 radical (unpaired) electrons. The standard InChI is InChI=1S/C52H65N4O6.Mg/c1-11-16-29(4)17-14-18-30(5)19-15-20-31(6)23-24-62-45(58)22-21-37-33(8)40-25-39-32(7)35(12-2)42(53-39)27-44-38(28-57)36(13-3)43(54-44)26-41-34(9)46-50(56-41)47(49(37)55-40)48(51(46)59)52(60)61-10;/h12,23,25-30,33,37,48H,2,11,13-22,24H2,1,3-10H3,(H-,55,56,57,59);/q-3;+2/p-1/b31-23+,40-25-,44-27-;/t29-,30+,33+,37+,48-;/m1./s1. The van der Waals surface area contributed by atoms with E-state index < -0.39 is 17.7 Å². The van der Waals surface area contributed by atoms with Gasteiger partial charge in [-0.25, -0.2) is 0 Å². The predicted molar refractivity (Wildman–Crippen MR) is 251 cm³/mol. The van der Waals surface area contributed by atoms with E-state index >= 15 is 0 Å². The van der Waals surface area contributed by atoms with Crippen LogP contribution in [0.4, 0.5) is 0 Å². The maximum Gasteiger partial charge on any atom is 2.00 e. The van der Waals surface area contributed by atoms with Crippen LogP contribution in [0, 0.1) is 43.4 Å². The molecule has 3 aliphatic rings. The molecule has 3 aromatic rings. The van der Waals surface area contributed by atoms with Gasteiger partial charge in [0.2, 0.25) is 0 Å². The monoisotopic (exact) mass is 864 g/mol. The molecule has 0 saturated carbocycles. The number of allylic oxidation sites excluding steroid dienone is 3. The van der Waals surface area contributed by atoms with Gasteiger partial charge in [0, 0.05) is 17.5 Å². The van der Waals surface area contributed by atoms with E-state index in [0.717, 1.165) is 41.7 Å². The van der Waals surface area contributed by atoms with Crippen LogP contribution >= 0.6 is 0 Å². The van der Waals surface area contributed by atoms with Crippen LogP contribution in [0.15, 0.2) is 29.6 Å². The molecule has 1 fully saturated rings. The molecule has 6 rings (SSSR count). The van der Waals surface area contributed by atoms with Crippen LogP contribution in [0.5, 0.6) is 0 Å². The van der Waals surface area contributed by atoms with Crippen molar-refractivity contribution in [2.75, 3.05) is 13.7 Å². The molecule has 10 nitrogen and oxygen atoms in total. The van der Waals surface area contributed by atoms with Gasteiger partial charge in [-0.1, -0.05) is 132 Å². The van der Waals surface area contributed by atoms with Crippen molar-refractivity contribution in [1.82, 2.24) is 15.0 Å². The molecule has 3 aromatic heterocycles. The average molecular weight is 865 g/mol. The Balaban J connectivity index is 0.00000748. The topological polar surface area (TPSA) is 143 Å². The largest absolute Gasteiger partial charge is 2.00 e. The molecular weight excluding hydrogens is 801 g/mol. The van der Waals surface area contributed by atoms with Crippen molar-refractivity contribution in [3.8, 4) is 0 Å². The van der Waals surface area contributed by atoms with Crippen molar-refractivity contribution in [2.45, 2.75) is 126 Å². The number of aldehydes is 1. The second-order valence-corrected chi connectivity index (χ2v) is 17.8. The quantitative estimate of drug-likeness (QED) is 0.0380. The third kappa shape index (κ3) is 10.5. The number of methoxy groups -OCH3 is 1. The molecule has 0 unspecified atom stereocenters. The summed E-state index contributed by atoms with van der Waals surface area (Å²) in [5.41, 5.74) is 8.86. The van der Waals surface area contributed by atoms with Gasteiger partial charge in [-0.05, 0) is 81.8 Å². The molecule has 0 amide bonds. The minimum Gasteiger partial charge on any atom is -0.664 e. The van der Waals surface area contributed by atoms with Gasteiger partial charge in [-0.15, -0.1) is 33.5 Å². The summed E-state index contributed by atoms with van der Waals surface area (Å²) in [6.07, 6.45) is 20.9. The zero-order valence-electron chi connectivity index (χ0n) is 39.0. The number of fused-ring (bicyclic) bond motifs is 7. The van der Waals surface area contributed by atoms with Crippen LogP contribution in [0.25, 0.3) is 35.2 Å². The summed E-state index contributed by atoms with van der Waals surface area (Å²) in [4.78, 5) is 68.7. The first kappa shape index (κ1) is 49.4. The fraction of sp³-hybridized carbons (Fsp3) is 0.500. The summed E-state index contributed by atoms with van der Waals surface area (Å²) in [5.74, 6) is -1.76. The second kappa shape index (κ2) is 21.8. The molecule has 0 N–H and O–H groups in total. The zero-order valence-corrected chi connectivity index (χ0v) is 40.4. The van der Waals surface area contributed by atoms with E-state index in [-0.39, 0.29) is 53.9 Å². The van der Waals surface area contributed by atoms with Gasteiger partial charge < -0.3 is 29.7 Å². The van der Waals surface area contributed by atoms with Gasteiger partial charge in [-0.2, -0.15) is 11.4 Å². The fourth-order valence-corrected chi connectivity index (χ4v) is 9.65. The van der Waals surface area contributed by atoms with E-state index in [1.165, 1.54) is 51.2 Å². The SMILES string of the molecule is C=Cc1c2[n-]c(c1C)/C=C1\[N-]/C(=C3\c4[n-]c(c(C)c4C(=O)[C@@H]3C(=O)OC)/C=c3\[n-]/c(c(C=O)c3CC)=C\2)[C@@H](CCC(=O)OC/C=C(\C)CCC[C@@H](C)CCC[C@H](C)CCC)[C@@H]1C.[Mg+2]. The van der Waals surface area contributed by atoms with Crippen molar-refractivity contribution in [1.29, 1.82) is 0 Å². The number of hydrogen-bond acceptors (Lipinski definition) is 6. The third-order valence-electron chi connectivity index (χ3n) is 13.4. The molecule has 5 atom stereocenters. The van der Waals surface area contributed by atoms with E-state index in [1.807, 2.05) is 45.9 Å². The molecule has 332 valence electrons. The number of carbonyl (C=O) groups excluding carboxylic acids is 4. The Bertz CT molecular complexity index is 2440. The Morgan fingerprint density at radius 2 is 1.57 bits per heavy atom. The molecule has 8 bridgehead atoms. The van der Waals surface area contributed by atoms with Crippen molar-refractivity contribution in [3.05, 3.63) is 102 Å². The Hall–Kier alpha value is -4.61. The van der Waals surface area contributed by atoms with Crippen molar-refractivity contribution < 1.29 is 28.7 Å². The number of nitrogens with zero attached hydrogens (tertiary/aromatic N) is 4. The molecule has 0 aromatic carbocycles. The molecule has 11 heteroatoms. The van der Waals surface area contributed by atoms with Gasteiger partial charge in [-0.3, -0.25) is 19.2 Å². The van der Waals surface area contributed by atoms with Crippen LogP contribution in [0.2, 0.25) is 0 Å². The Kier molecular flexibility index (Phi) is 17.1. The zero-order chi connectivity index (χ0) is 44.8. The van der Waals surface area contributed by atoms with Crippen LogP contribution in [-0.2, 0) is 25.5 Å². The fourth-order valence-electron chi connectivity index (χ4n) is 9.65. The maximum absolute atomic E-state index is 14.3. The summed E-state index contributed by atoms with van der Waals surface area (Å²) < 4.78 is 11.0. The van der Waals surface area contributed by atoms with Crippen LogP contribution < -0.4 is 25.7 Å². The van der Waals surface area contributed by atoms with Gasteiger partial charge >= 0.3 is 35.0 Å². The number of ketones is 1. The molecule has 63 heavy (non-hydrogen) atoms. The van der Waals surface area contributed by atoms with Crippen LogP contribution in [0.1, 0.15) is 171 Å². The number of carbonyl (C=O) groups is 4. The minimum atomic E-state index is -1.27. The van der Waals surface area contributed by atoms with E-state index in [0.29, 0.717) is 85.9 Å². The second-order valence-electron chi connectivity index (χ2n) is 17.8. The van der Waals surface area contributed by atoms with Crippen molar-refractivity contribution in [2.24, 2.45) is 29.6 Å². The van der Waals surface area contributed by atoms with Gasteiger partial charge in [0.05, 0.1) is 7.11 Å². The Morgan fingerprint density at radius 1 is 0.889 bits per heavy atom. The molecule has 2 aliphatic heterocycles. The number of hydrogen-bond donors (Lipinski definition) is 0. The van der Waals surface area contributed by atoms with Crippen LogP contribution in [0.3, 0.4) is 0 Å². The van der Waals surface area contributed by atoms with Gasteiger partial charge in [0.25, 0.3) is 0 Å². The van der Waals surface area contributed by atoms with Crippen molar-refractivity contribution in [3.63, 3.8) is 0 Å². The minimum absolute atomic E-state index is 0. The van der Waals surface area contributed by atoms with E-state index in [4.69, 9.17) is 29.7 Å². The smallest absolute Gasteiger partial charge is 0.664 e. The van der Waals surface area contributed by atoms with E-state index in [9.17, 15) is 19.2 Å². The van der Waals surface area contributed by atoms with Gasteiger partial charge in [0.15, 0.2) is 5.78 Å². The summed E-state index contributed by atoms with van der Waals surface area (Å²) in [7, 11) is 1.27. The first-order valence-corrected chi connectivity index (χ1v) is 22.7. The Labute approximate surface area is 389 Å². The number of rotatable bonds is 19. The number of ether oxygens (including phenoxy) is 2. The molecular formula is C52H64MgN4O6-2. The molecule has 1 aliphatic carbocycles. The van der Waals surface area contributed by atoms with E-state index in [1.54, 1.807) is 12.2 Å². The number of Topliss-reactive ketones (excluding diaryl/α,β-unsaturated/α-hetero) is 1. The van der Waals surface area contributed by atoms with Crippen molar-refractivity contribution >= 4 is 76.9 Å². The number of aromatic nitrogens is 3. The first-order chi connectivity index (χ1) is 29.8. The third-order valence-corrected chi connectivity index (χ3v) is 13.4. The number of esters is 2. The van der Waals surface area contributed by atoms with Crippen LogP contribution in [-0.4, -0.2) is 60.8 Å². The average Bonchev–Trinajstić information content (AvgIpc) is 4.00. The summed E-state index contributed by atoms with van der Waals surface area (Å²) in [6.45, 7) is 21.1. The van der Waals surface area contributed by atoms with E-state index in [2.05, 4.69) is 34.3 Å². The van der Waals surface area contributed by atoms with Gasteiger partial charge in [0.1, 0.15) is 18.8 Å². The summed E-state index contributed by atoms with van der Waals surface area (Å²) in [5, 5.41) is 6.25. The molecule has 1 saturated heterocycles. The summed E-state index contributed by atoms with van der Waals surface area (Å²) in [6, 6.07) is 0. The Morgan fingerprint density at radius 3 is 2.24 bits per heavy atom. The maximum atomic E-state index is 14.3.